The highest BCUT2D eigenvalue weighted by atomic mass is 16.3. The molecule has 0 radical (unpaired) electrons. The summed E-state index contributed by atoms with van der Waals surface area (Å²) in [7, 11) is 0. The predicted molar refractivity (Wildman–Crippen MR) is 81.9 cm³/mol. The summed E-state index contributed by atoms with van der Waals surface area (Å²) in [6, 6.07) is 13.8. The largest absolute Gasteiger partial charge is 0.454 e. The maximum atomic E-state index is 7.36. The second-order valence-electron chi connectivity index (χ2n) is 4.77. The van der Waals surface area contributed by atoms with Gasteiger partial charge < -0.3 is 9.32 Å². The molecule has 2 aromatic carbocycles. The van der Waals surface area contributed by atoms with Crippen LogP contribution in [0.15, 0.2) is 52.0 Å². The molecule has 0 atom stereocenters. The van der Waals surface area contributed by atoms with Crippen LogP contribution in [0.1, 0.15) is 11.0 Å². The summed E-state index contributed by atoms with van der Waals surface area (Å²) in [4.78, 5) is 1.68. The molecule has 0 bridgehead atoms. The van der Waals surface area contributed by atoms with Gasteiger partial charge in [0, 0.05) is 21.4 Å². The van der Waals surface area contributed by atoms with Gasteiger partial charge in [-0.05, 0) is 19.0 Å². The van der Waals surface area contributed by atoms with Crippen molar-refractivity contribution in [2.45, 2.75) is 6.85 Å². The highest BCUT2D eigenvalue weighted by Gasteiger charge is 2.19. The maximum absolute atomic E-state index is 7.36. The van der Waals surface area contributed by atoms with Crippen LogP contribution in [0.25, 0.3) is 21.9 Å². The quantitative estimate of drug-likeness (QED) is 0.711. The lowest BCUT2D eigenvalue weighted by Crippen LogP contribution is -2.26. The van der Waals surface area contributed by atoms with Crippen LogP contribution in [-0.4, -0.2) is 24.5 Å². The van der Waals surface area contributed by atoms with Crippen molar-refractivity contribution >= 4 is 34.0 Å². The number of hydrazone groups is 1. The number of fused-ring (bicyclic) bond motifs is 3. The van der Waals surface area contributed by atoms with Crippen molar-refractivity contribution in [3.8, 4) is 0 Å². The van der Waals surface area contributed by atoms with Crippen molar-refractivity contribution < 1.29 is 8.53 Å². The topological polar surface area (TPSA) is 32.0 Å². The Morgan fingerprint density at radius 2 is 2.10 bits per heavy atom. The van der Waals surface area contributed by atoms with E-state index in [2.05, 4.69) is 5.10 Å². The number of hydrogen-bond acceptors (Lipinski definition) is 4. The molecule has 2 heterocycles. The molecule has 0 spiro atoms. The van der Waals surface area contributed by atoms with E-state index in [1.807, 2.05) is 42.5 Å². The number of rotatable bonds is 2. The van der Waals surface area contributed by atoms with E-state index in [0.717, 1.165) is 27.6 Å². The molecule has 0 aliphatic carbocycles. The Bertz CT molecular complexity index is 900. The molecular weight excluding hydrogens is 250 g/mol. The van der Waals surface area contributed by atoms with Gasteiger partial charge in [0.1, 0.15) is 24.3 Å². The minimum Gasteiger partial charge on any atom is -0.454 e. The molecule has 4 heteroatoms. The van der Waals surface area contributed by atoms with E-state index in [1.165, 1.54) is 0 Å². The zero-order chi connectivity index (χ0) is 16.0. The summed E-state index contributed by atoms with van der Waals surface area (Å²) >= 11 is 0. The first kappa shape index (κ1) is 8.64. The van der Waals surface area contributed by atoms with Crippen molar-refractivity contribution in [1.29, 1.82) is 0 Å². The summed E-state index contributed by atoms with van der Waals surface area (Å²) in [5.41, 5.74) is 2.43. The zero-order valence-corrected chi connectivity index (χ0v) is 10.8. The SMILES string of the molecule is [2H]C([2H])([2H])CN1C=NN(c2cccc3c2oc2ccccc23)C1. The molecule has 0 amide bonds. The summed E-state index contributed by atoms with van der Waals surface area (Å²) in [5, 5.41) is 8.17. The Morgan fingerprint density at radius 3 is 3.05 bits per heavy atom. The van der Waals surface area contributed by atoms with Gasteiger partial charge in [-0.25, -0.2) is 5.01 Å². The fourth-order valence-electron chi connectivity index (χ4n) is 2.55. The predicted octanol–water partition coefficient (Wildman–Crippen LogP) is 3.63. The summed E-state index contributed by atoms with van der Waals surface area (Å²) in [5.74, 6) is 0. The second kappa shape index (κ2) is 4.27. The molecule has 4 nitrogen and oxygen atoms in total. The van der Waals surface area contributed by atoms with Crippen molar-refractivity contribution in [3.05, 3.63) is 42.5 Å². The Kier molecular flexibility index (Phi) is 1.84. The average Bonchev–Trinajstić information content (AvgIpc) is 3.09. The van der Waals surface area contributed by atoms with Gasteiger partial charge in [-0.3, -0.25) is 0 Å². The first-order valence-electron chi connectivity index (χ1n) is 7.97. The minimum atomic E-state index is -2.01. The van der Waals surface area contributed by atoms with Gasteiger partial charge >= 0.3 is 0 Å². The lowest BCUT2D eigenvalue weighted by molar-refractivity contribution is 0.481. The van der Waals surface area contributed by atoms with Gasteiger partial charge in [-0.2, -0.15) is 5.10 Å². The van der Waals surface area contributed by atoms with Crippen LogP contribution in [-0.2, 0) is 0 Å². The second-order valence-corrected chi connectivity index (χ2v) is 4.77. The third kappa shape index (κ3) is 1.58. The van der Waals surface area contributed by atoms with Crippen molar-refractivity contribution in [3.63, 3.8) is 0 Å². The molecule has 0 saturated heterocycles. The van der Waals surface area contributed by atoms with Gasteiger partial charge in [0.15, 0.2) is 5.58 Å². The normalized spacial score (nSPS) is 17.7. The van der Waals surface area contributed by atoms with Gasteiger partial charge in [-0.15, -0.1) is 0 Å². The number of nitrogens with zero attached hydrogens (tertiary/aromatic N) is 3. The van der Waals surface area contributed by atoms with Crippen LogP contribution in [0.5, 0.6) is 0 Å². The standard InChI is InChI=1S/C16H15N3O/c1-2-18-10-17-19(11-18)14-8-5-7-13-12-6-3-4-9-15(12)20-16(13)14/h3-10H,2,11H2,1H3/i1D3. The van der Waals surface area contributed by atoms with E-state index in [0.29, 0.717) is 6.67 Å². The first-order valence-corrected chi connectivity index (χ1v) is 6.47. The smallest absolute Gasteiger partial charge is 0.160 e. The zero-order valence-electron chi connectivity index (χ0n) is 13.8. The molecule has 1 aliphatic rings. The molecule has 0 saturated carbocycles. The van der Waals surface area contributed by atoms with E-state index in [9.17, 15) is 0 Å². The lowest BCUT2D eigenvalue weighted by Gasteiger charge is -2.17. The van der Waals surface area contributed by atoms with E-state index in [4.69, 9.17) is 8.53 Å². The molecule has 3 aromatic rings. The van der Waals surface area contributed by atoms with E-state index in [-0.39, 0.29) is 6.54 Å². The number of furan rings is 1. The van der Waals surface area contributed by atoms with Gasteiger partial charge in [-0.1, -0.05) is 30.3 Å². The molecule has 0 N–H and O–H groups in total. The summed E-state index contributed by atoms with van der Waals surface area (Å²) in [6.45, 7) is -1.63. The lowest BCUT2D eigenvalue weighted by atomic mass is 10.1. The number of para-hydroxylation sites is 2. The minimum absolute atomic E-state index is 0.0247. The molecule has 20 heavy (non-hydrogen) atoms. The summed E-state index contributed by atoms with van der Waals surface area (Å²) in [6.07, 6.45) is 1.56. The van der Waals surface area contributed by atoms with Gasteiger partial charge in [0.2, 0.25) is 0 Å². The fraction of sp³-hybridized carbons (Fsp3) is 0.188. The molecular formula is C16H15N3O. The van der Waals surface area contributed by atoms with E-state index in [1.54, 1.807) is 16.2 Å². The Labute approximate surface area is 121 Å². The average molecular weight is 268 g/mol. The van der Waals surface area contributed by atoms with E-state index >= 15 is 0 Å². The molecule has 1 aromatic heterocycles. The van der Waals surface area contributed by atoms with Crippen LogP contribution < -0.4 is 5.01 Å². The Morgan fingerprint density at radius 1 is 1.20 bits per heavy atom. The van der Waals surface area contributed by atoms with Crippen LogP contribution >= 0.6 is 0 Å². The Hall–Kier alpha value is -2.49. The molecule has 100 valence electrons. The third-order valence-electron chi connectivity index (χ3n) is 3.53. The van der Waals surface area contributed by atoms with Crippen molar-refractivity contribution in [2.24, 2.45) is 5.10 Å². The van der Waals surface area contributed by atoms with Crippen LogP contribution in [0, 0.1) is 0 Å². The molecule has 0 fully saturated rings. The third-order valence-corrected chi connectivity index (χ3v) is 3.53. The van der Waals surface area contributed by atoms with Gasteiger partial charge in [0.05, 0.1) is 0 Å². The summed E-state index contributed by atoms with van der Waals surface area (Å²) < 4.78 is 28.1. The van der Waals surface area contributed by atoms with Gasteiger partial charge in [0.25, 0.3) is 0 Å². The number of hydrogen-bond donors (Lipinski definition) is 0. The number of anilines is 1. The highest BCUT2D eigenvalue weighted by molar-refractivity contribution is 6.08. The molecule has 1 aliphatic heterocycles. The van der Waals surface area contributed by atoms with Crippen LogP contribution in [0.3, 0.4) is 0 Å². The van der Waals surface area contributed by atoms with Crippen LogP contribution in [0.2, 0.25) is 0 Å². The number of benzene rings is 2. The fourth-order valence-corrected chi connectivity index (χ4v) is 2.55. The molecule has 4 rings (SSSR count). The monoisotopic (exact) mass is 268 g/mol. The van der Waals surface area contributed by atoms with Crippen molar-refractivity contribution in [2.75, 3.05) is 18.2 Å². The molecule has 0 unspecified atom stereocenters. The van der Waals surface area contributed by atoms with Crippen LogP contribution in [0.4, 0.5) is 5.69 Å². The van der Waals surface area contributed by atoms with Crippen molar-refractivity contribution in [1.82, 2.24) is 4.90 Å². The van der Waals surface area contributed by atoms with E-state index < -0.39 is 6.85 Å². The Balaban J connectivity index is 1.72. The maximum Gasteiger partial charge on any atom is 0.160 e. The highest BCUT2D eigenvalue weighted by Crippen LogP contribution is 2.35. The first-order chi connectivity index (χ1) is 11.0.